The van der Waals surface area contributed by atoms with Gasteiger partial charge in [0.2, 0.25) is 0 Å². The van der Waals surface area contributed by atoms with Crippen LogP contribution in [0.4, 0.5) is 0 Å². The normalized spacial score (nSPS) is 20.8. The summed E-state index contributed by atoms with van der Waals surface area (Å²) in [5, 5.41) is 10.3. The van der Waals surface area contributed by atoms with Gasteiger partial charge in [-0.1, -0.05) is 50.1 Å². The second-order valence-corrected chi connectivity index (χ2v) is 9.45. The van der Waals surface area contributed by atoms with Crippen LogP contribution in [0.5, 0.6) is 0 Å². The molecule has 6 heteroatoms. The Balaban J connectivity index is 7.32. The first-order chi connectivity index (χ1) is 11.1. The van der Waals surface area contributed by atoms with Crippen LogP contribution < -0.4 is 0 Å². The molecule has 6 nitrogen and oxygen atoms in total. The second-order valence-electron chi connectivity index (χ2n) is 9.45. The minimum absolute atomic E-state index is 0.603. The van der Waals surface area contributed by atoms with Crippen molar-refractivity contribution in [3.63, 3.8) is 0 Å². The van der Waals surface area contributed by atoms with E-state index in [1.807, 2.05) is 34.6 Å². The van der Waals surface area contributed by atoms with Crippen molar-refractivity contribution in [2.75, 3.05) is 0 Å². The molecule has 0 aromatic rings. The average Bonchev–Trinajstić information content (AvgIpc) is 2.58. The van der Waals surface area contributed by atoms with E-state index in [-0.39, 0.29) is 0 Å². The largest absolute Gasteiger partial charge is 0.150 e. The average molecular weight is 356 g/mol. The van der Waals surface area contributed by atoms with E-state index in [4.69, 9.17) is 0 Å². The number of nitroso groups, excluding NO2 is 3. The SMILES string of the molecule is CCC(C)(C(C)(C)N=O)C(C)(C(C)(C)N=O)C(C)(CC)C(C)(C)N=O. The zero-order chi connectivity index (χ0) is 20.5. The quantitative estimate of drug-likeness (QED) is 0.421. The van der Waals surface area contributed by atoms with Gasteiger partial charge in [-0.25, -0.2) is 0 Å². The van der Waals surface area contributed by atoms with E-state index >= 15 is 0 Å². The van der Waals surface area contributed by atoms with Crippen molar-refractivity contribution in [1.82, 2.24) is 0 Å². The van der Waals surface area contributed by atoms with Crippen molar-refractivity contribution < 1.29 is 0 Å². The van der Waals surface area contributed by atoms with Crippen LogP contribution in [0.1, 0.15) is 89.0 Å². The van der Waals surface area contributed by atoms with Crippen LogP contribution in [0.3, 0.4) is 0 Å². The maximum Gasteiger partial charge on any atom is 0.104 e. The van der Waals surface area contributed by atoms with Gasteiger partial charge in [-0.3, -0.25) is 0 Å². The molecule has 0 saturated carbocycles. The fourth-order valence-electron chi connectivity index (χ4n) is 5.05. The fourth-order valence-corrected chi connectivity index (χ4v) is 5.05. The predicted molar refractivity (Wildman–Crippen MR) is 105 cm³/mol. The Morgan fingerprint density at radius 2 is 0.760 bits per heavy atom. The van der Waals surface area contributed by atoms with Gasteiger partial charge in [0.25, 0.3) is 0 Å². The molecule has 2 atom stereocenters. The smallest absolute Gasteiger partial charge is 0.104 e. The lowest BCUT2D eigenvalue weighted by Crippen LogP contribution is -2.69. The summed E-state index contributed by atoms with van der Waals surface area (Å²) in [6.45, 7) is 20.6. The summed E-state index contributed by atoms with van der Waals surface area (Å²) in [5.74, 6) is 0. The third-order valence-corrected chi connectivity index (χ3v) is 8.23. The molecule has 0 fully saturated rings. The molecule has 0 aliphatic carbocycles. The summed E-state index contributed by atoms with van der Waals surface area (Å²) in [7, 11) is 0. The van der Waals surface area contributed by atoms with Crippen molar-refractivity contribution >= 4 is 0 Å². The standard InChI is InChI=1S/C19H37N3O3/c1-12-17(9,14(3,4)20-23)19(11,16(7,8)22-25)18(10,13-2)15(5,6)21-24/h12-13H2,1-11H3. The molecule has 0 N–H and O–H groups in total. The molecule has 0 rings (SSSR count). The van der Waals surface area contributed by atoms with Gasteiger partial charge < -0.3 is 0 Å². The maximum absolute atomic E-state index is 12.0. The Labute approximate surface area is 152 Å². The van der Waals surface area contributed by atoms with Gasteiger partial charge in [0.05, 0.1) is 0 Å². The molecule has 0 aromatic carbocycles. The summed E-state index contributed by atoms with van der Waals surface area (Å²) in [5.41, 5.74) is -5.22. The Morgan fingerprint density at radius 1 is 0.520 bits per heavy atom. The molecule has 0 aliphatic rings. The van der Waals surface area contributed by atoms with E-state index in [9.17, 15) is 14.7 Å². The third-order valence-electron chi connectivity index (χ3n) is 8.23. The maximum atomic E-state index is 12.0. The van der Waals surface area contributed by atoms with E-state index < -0.39 is 32.9 Å². The van der Waals surface area contributed by atoms with E-state index in [0.717, 1.165) is 0 Å². The first-order valence-corrected chi connectivity index (χ1v) is 9.09. The first-order valence-electron chi connectivity index (χ1n) is 9.09. The van der Waals surface area contributed by atoms with Crippen LogP contribution in [0.25, 0.3) is 0 Å². The monoisotopic (exact) mass is 355 g/mol. The van der Waals surface area contributed by atoms with Gasteiger partial charge in [-0.05, 0) is 54.4 Å². The Hall–Kier alpha value is -1.20. The molecule has 0 spiro atoms. The summed E-state index contributed by atoms with van der Waals surface area (Å²) in [6.07, 6.45) is 1.21. The molecular formula is C19H37N3O3. The highest BCUT2D eigenvalue weighted by Gasteiger charge is 2.70. The summed E-state index contributed by atoms with van der Waals surface area (Å²) < 4.78 is 0. The highest BCUT2D eigenvalue weighted by Crippen LogP contribution is 2.68. The van der Waals surface area contributed by atoms with Crippen LogP contribution in [0.15, 0.2) is 15.5 Å². The summed E-state index contributed by atoms with van der Waals surface area (Å²) in [6, 6.07) is 0. The highest BCUT2D eigenvalue weighted by molar-refractivity contribution is 5.21. The molecule has 0 aromatic heterocycles. The molecular weight excluding hydrogens is 318 g/mol. The van der Waals surface area contributed by atoms with Gasteiger partial charge >= 0.3 is 0 Å². The van der Waals surface area contributed by atoms with Crippen molar-refractivity contribution in [3.8, 4) is 0 Å². The van der Waals surface area contributed by atoms with E-state index in [0.29, 0.717) is 12.8 Å². The molecule has 0 aliphatic heterocycles. The summed E-state index contributed by atoms with van der Waals surface area (Å²) in [4.78, 5) is 35.5. The molecule has 0 bridgehead atoms. The van der Waals surface area contributed by atoms with Crippen molar-refractivity contribution in [2.24, 2.45) is 31.8 Å². The van der Waals surface area contributed by atoms with E-state index in [2.05, 4.69) is 15.5 Å². The molecule has 2 unspecified atom stereocenters. The molecule has 0 heterocycles. The van der Waals surface area contributed by atoms with Crippen LogP contribution >= 0.6 is 0 Å². The van der Waals surface area contributed by atoms with Gasteiger partial charge in [-0.2, -0.15) is 14.7 Å². The van der Waals surface area contributed by atoms with Crippen molar-refractivity contribution in [3.05, 3.63) is 14.7 Å². The Morgan fingerprint density at radius 3 is 0.920 bits per heavy atom. The Bertz CT molecular complexity index is 494. The summed E-state index contributed by atoms with van der Waals surface area (Å²) >= 11 is 0. The van der Waals surface area contributed by atoms with Gasteiger partial charge in [0, 0.05) is 16.2 Å². The minimum Gasteiger partial charge on any atom is -0.150 e. The lowest BCUT2D eigenvalue weighted by Gasteiger charge is -2.66. The molecule has 0 amide bonds. The van der Waals surface area contributed by atoms with Crippen LogP contribution in [0.2, 0.25) is 0 Å². The van der Waals surface area contributed by atoms with Crippen LogP contribution in [-0.4, -0.2) is 16.6 Å². The van der Waals surface area contributed by atoms with Crippen molar-refractivity contribution in [1.29, 1.82) is 0 Å². The zero-order valence-corrected chi connectivity index (χ0v) is 18.0. The van der Waals surface area contributed by atoms with Crippen LogP contribution in [0, 0.1) is 31.0 Å². The van der Waals surface area contributed by atoms with Gasteiger partial charge in [-0.15, -0.1) is 0 Å². The lowest BCUT2D eigenvalue weighted by molar-refractivity contribution is -0.164. The fraction of sp³-hybridized carbons (Fsp3) is 1.00. The van der Waals surface area contributed by atoms with Crippen molar-refractivity contribution in [2.45, 2.75) is 106 Å². The number of hydrogen-bond acceptors (Lipinski definition) is 6. The van der Waals surface area contributed by atoms with E-state index in [1.165, 1.54) is 0 Å². The van der Waals surface area contributed by atoms with Crippen LogP contribution in [-0.2, 0) is 0 Å². The predicted octanol–water partition coefficient (Wildman–Crippen LogP) is 6.46. The second kappa shape index (κ2) is 6.84. The van der Waals surface area contributed by atoms with Gasteiger partial charge in [0.1, 0.15) is 16.6 Å². The molecule has 0 radical (unpaired) electrons. The number of hydrogen-bond donors (Lipinski definition) is 0. The minimum atomic E-state index is -1.05. The lowest BCUT2D eigenvalue weighted by atomic mass is 9.38. The molecule has 0 saturated heterocycles. The van der Waals surface area contributed by atoms with Gasteiger partial charge in [0.15, 0.2) is 0 Å². The molecule has 25 heavy (non-hydrogen) atoms. The third kappa shape index (κ3) is 2.85. The first kappa shape index (κ1) is 23.8. The number of nitrogens with zero attached hydrogens (tertiary/aromatic N) is 3. The van der Waals surface area contributed by atoms with E-state index in [1.54, 1.807) is 41.5 Å². The zero-order valence-electron chi connectivity index (χ0n) is 18.0. The number of rotatable bonds is 10. The molecule has 146 valence electrons. The highest BCUT2D eigenvalue weighted by atomic mass is 16.3. The topological polar surface area (TPSA) is 88.3 Å². The Kier molecular flexibility index (Phi) is 6.51.